The van der Waals surface area contributed by atoms with Crippen molar-refractivity contribution in [2.24, 2.45) is 0 Å². The topological polar surface area (TPSA) is 20.2 Å². The van der Waals surface area contributed by atoms with E-state index in [-0.39, 0.29) is 18.1 Å². The Hall–Kier alpha value is -0.960. The Balaban J connectivity index is 2.81. The number of hydrogen-bond donors (Lipinski definition) is 1. The fraction of sp³-hybridized carbons (Fsp3) is 0.400. The largest absolute Gasteiger partial charge is 0.396 e. The normalized spacial score (nSPS) is 13.3. The molecule has 0 fully saturated rings. The zero-order chi connectivity index (χ0) is 9.84. The molecule has 1 aromatic carbocycles. The lowest BCUT2D eigenvalue weighted by Gasteiger charge is -2.08. The van der Waals surface area contributed by atoms with Crippen molar-refractivity contribution in [2.75, 3.05) is 6.61 Å². The summed E-state index contributed by atoms with van der Waals surface area (Å²) in [6, 6.07) is 6.04. The van der Waals surface area contributed by atoms with Crippen LogP contribution in [-0.4, -0.2) is 11.7 Å². The van der Waals surface area contributed by atoms with Crippen LogP contribution in [-0.2, 0) is 0 Å². The summed E-state index contributed by atoms with van der Waals surface area (Å²) in [4.78, 5) is 0. The zero-order valence-electron chi connectivity index (χ0n) is 7.37. The molecular formula is C10H12F2O. The molecule has 0 saturated heterocycles. The highest BCUT2D eigenvalue weighted by Crippen LogP contribution is 2.21. The SMILES string of the molecule is C[C@H](CO)c1ccc(C(F)F)cc1. The molecule has 0 aromatic heterocycles. The highest BCUT2D eigenvalue weighted by molar-refractivity contribution is 5.25. The molecule has 72 valence electrons. The standard InChI is InChI=1S/C10H12F2O/c1-7(6-13)8-2-4-9(5-3-8)10(11)12/h2-5,7,10,13H,6H2,1H3/t7-/m1/s1. The maximum absolute atomic E-state index is 12.1. The van der Waals surface area contributed by atoms with Crippen molar-refractivity contribution in [3.63, 3.8) is 0 Å². The quantitative estimate of drug-likeness (QED) is 0.769. The Morgan fingerprint density at radius 2 is 1.62 bits per heavy atom. The van der Waals surface area contributed by atoms with Gasteiger partial charge in [-0.2, -0.15) is 0 Å². The van der Waals surface area contributed by atoms with Gasteiger partial charge >= 0.3 is 0 Å². The molecule has 0 aliphatic carbocycles. The summed E-state index contributed by atoms with van der Waals surface area (Å²) in [5, 5.41) is 8.82. The molecule has 13 heavy (non-hydrogen) atoms. The Morgan fingerprint density at radius 3 is 2.00 bits per heavy atom. The van der Waals surface area contributed by atoms with E-state index in [1.54, 1.807) is 12.1 Å². The van der Waals surface area contributed by atoms with Gasteiger partial charge in [-0.1, -0.05) is 31.2 Å². The van der Waals surface area contributed by atoms with Crippen molar-refractivity contribution in [3.8, 4) is 0 Å². The lowest BCUT2D eigenvalue weighted by molar-refractivity contribution is 0.151. The van der Waals surface area contributed by atoms with Crippen molar-refractivity contribution in [1.82, 2.24) is 0 Å². The molecule has 0 radical (unpaired) electrons. The minimum absolute atomic E-state index is 0.00622. The Morgan fingerprint density at radius 1 is 1.15 bits per heavy atom. The third-order valence-corrected chi connectivity index (χ3v) is 2.03. The van der Waals surface area contributed by atoms with Crippen LogP contribution in [0, 0.1) is 0 Å². The number of alkyl halides is 2. The molecule has 0 unspecified atom stereocenters. The van der Waals surface area contributed by atoms with Crippen LogP contribution in [0.3, 0.4) is 0 Å². The van der Waals surface area contributed by atoms with Crippen LogP contribution in [0.1, 0.15) is 30.4 Å². The fourth-order valence-electron chi connectivity index (χ4n) is 1.08. The first-order valence-electron chi connectivity index (χ1n) is 4.14. The number of benzene rings is 1. The minimum Gasteiger partial charge on any atom is -0.396 e. The van der Waals surface area contributed by atoms with Gasteiger partial charge in [-0.3, -0.25) is 0 Å². The summed E-state index contributed by atoms with van der Waals surface area (Å²) in [5.74, 6) is 0.00622. The molecule has 1 atom stereocenters. The Bertz CT molecular complexity index is 256. The summed E-state index contributed by atoms with van der Waals surface area (Å²) < 4.78 is 24.3. The predicted molar refractivity (Wildman–Crippen MR) is 46.9 cm³/mol. The van der Waals surface area contributed by atoms with Gasteiger partial charge in [0.25, 0.3) is 6.43 Å². The smallest absolute Gasteiger partial charge is 0.263 e. The lowest BCUT2D eigenvalue weighted by atomic mass is 10.0. The lowest BCUT2D eigenvalue weighted by Crippen LogP contribution is -1.98. The van der Waals surface area contributed by atoms with Gasteiger partial charge in [-0.15, -0.1) is 0 Å². The summed E-state index contributed by atoms with van der Waals surface area (Å²) in [5.41, 5.74) is 0.904. The van der Waals surface area contributed by atoms with E-state index in [9.17, 15) is 8.78 Å². The van der Waals surface area contributed by atoms with Crippen LogP contribution in [0.4, 0.5) is 8.78 Å². The summed E-state index contributed by atoms with van der Waals surface area (Å²) in [6.07, 6.45) is -2.42. The van der Waals surface area contributed by atoms with Crippen molar-refractivity contribution < 1.29 is 13.9 Å². The molecule has 1 rings (SSSR count). The summed E-state index contributed by atoms with van der Waals surface area (Å²) in [7, 11) is 0. The van der Waals surface area contributed by atoms with Crippen LogP contribution in [0.2, 0.25) is 0 Å². The van der Waals surface area contributed by atoms with Crippen molar-refractivity contribution in [1.29, 1.82) is 0 Å². The maximum Gasteiger partial charge on any atom is 0.263 e. The Labute approximate surface area is 76.0 Å². The highest BCUT2D eigenvalue weighted by Gasteiger charge is 2.08. The van der Waals surface area contributed by atoms with Gasteiger partial charge in [-0.25, -0.2) is 8.78 Å². The van der Waals surface area contributed by atoms with E-state index in [2.05, 4.69) is 0 Å². The van der Waals surface area contributed by atoms with Crippen LogP contribution in [0.15, 0.2) is 24.3 Å². The number of aliphatic hydroxyl groups excluding tert-OH is 1. The minimum atomic E-state index is -2.42. The molecule has 0 bridgehead atoms. The second-order valence-electron chi connectivity index (χ2n) is 3.05. The van der Waals surface area contributed by atoms with Crippen LogP contribution < -0.4 is 0 Å². The second-order valence-corrected chi connectivity index (χ2v) is 3.05. The van der Waals surface area contributed by atoms with Gasteiger partial charge in [0, 0.05) is 18.1 Å². The highest BCUT2D eigenvalue weighted by atomic mass is 19.3. The molecular weight excluding hydrogens is 174 g/mol. The van der Waals surface area contributed by atoms with Gasteiger partial charge in [0.2, 0.25) is 0 Å². The van der Waals surface area contributed by atoms with Crippen LogP contribution in [0.5, 0.6) is 0 Å². The third-order valence-electron chi connectivity index (χ3n) is 2.03. The molecule has 0 spiro atoms. The first-order valence-corrected chi connectivity index (χ1v) is 4.14. The zero-order valence-corrected chi connectivity index (χ0v) is 7.37. The van der Waals surface area contributed by atoms with E-state index in [4.69, 9.17) is 5.11 Å². The van der Waals surface area contributed by atoms with Crippen LogP contribution >= 0.6 is 0 Å². The molecule has 0 aliphatic rings. The summed E-state index contributed by atoms with van der Waals surface area (Å²) in [6.45, 7) is 1.88. The average Bonchev–Trinajstić information content (AvgIpc) is 2.17. The number of hydrogen-bond acceptors (Lipinski definition) is 1. The first kappa shape index (κ1) is 10.1. The molecule has 1 nitrogen and oxygen atoms in total. The van der Waals surface area contributed by atoms with Gasteiger partial charge in [0.05, 0.1) is 0 Å². The fourth-order valence-corrected chi connectivity index (χ4v) is 1.08. The van der Waals surface area contributed by atoms with E-state index < -0.39 is 6.43 Å². The predicted octanol–water partition coefficient (Wildman–Crippen LogP) is 2.72. The Kier molecular flexibility index (Phi) is 3.37. The van der Waals surface area contributed by atoms with E-state index in [1.165, 1.54) is 12.1 Å². The number of aliphatic hydroxyl groups is 1. The van der Waals surface area contributed by atoms with Gasteiger partial charge < -0.3 is 5.11 Å². The molecule has 0 amide bonds. The van der Waals surface area contributed by atoms with Gasteiger partial charge in [0.1, 0.15) is 0 Å². The second kappa shape index (κ2) is 4.33. The van der Waals surface area contributed by atoms with E-state index in [0.717, 1.165) is 5.56 Å². The first-order chi connectivity index (χ1) is 6.15. The van der Waals surface area contributed by atoms with E-state index >= 15 is 0 Å². The molecule has 0 aliphatic heterocycles. The van der Waals surface area contributed by atoms with E-state index in [0.29, 0.717) is 0 Å². The molecule has 0 heterocycles. The summed E-state index contributed by atoms with van der Waals surface area (Å²) >= 11 is 0. The van der Waals surface area contributed by atoms with Crippen molar-refractivity contribution >= 4 is 0 Å². The van der Waals surface area contributed by atoms with Gasteiger partial charge in [0.15, 0.2) is 0 Å². The van der Waals surface area contributed by atoms with Crippen LogP contribution in [0.25, 0.3) is 0 Å². The molecule has 3 heteroatoms. The molecule has 1 aromatic rings. The van der Waals surface area contributed by atoms with Gasteiger partial charge in [-0.05, 0) is 5.56 Å². The molecule has 1 N–H and O–H groups in total. The van der Waals surface area contributed by atoms with Crippen molar-refractivity contribution in [3.05, 3.63) is 35.4 Å². The number of rotatable bonds is 3. The third kappa shape index (κ3) is 2.49. The van der Waals surface area contributed by atoms with E-state index in [1.807, 2.05) is 6.92 Å². The average molecular weight is 186 g/mol. The molecule has 0 saturated carbocycles. The van der Waals surface area contributed by atoms with Crippen molar-refractivity contribution in [2.45, 2.75) is 19.3 Å². The maximum atomic E-state index is 12.1. The monoisotopic (exact) mass is 186 g/mol. The number of halogens is 2.